The molecule has 1 N–H and O–H groups in total. The Morgan fingerprint density at radius 1 is 1.32 bits per heavy atom. The topological polar surface area (TPSA) is 32.7 Å². The Morgan fingerprint density at radius 2 is 2.05 bits per heavy atom. The van der Waals surface area contributed by atoms with Crippen molar-refractivity contribution in [3.63, 3.8) is 0 Å². The van der Waals surface area contributed by atoms with Crippen molar-refractivity contribution >= 4 is 11.6 Å². The first-order valence-electron chi connectivity index (χ1n) is 7.90. The van der Waals surface area contributed by atoms with Gasteiger partial charge in [0.1, 0.15) is 5.82 Å². The maximum atomic E-state index is 13.2. The first-order valence-corrected chi connectivity index (χ1v) is 8.28. The Labute approximate surface area is 136 Å². The molecule has 2 heterocycles. The van der Waals surface area contributed by atoms with Gasteiger partial charge in [-0.05, 0) is 43.9 Å². The van der Waals surface area contributed by atoms with Gasteiger partial charge in [-0.3, -0.25) is 4.90 Å². The summed E-state index contributed by atoms with van der Waals surface area (Å²) in [6.07, 6.45) is 3.29. The van der Waals surface area contributed by atoms with E-state index in [1.807, 2.05) is 6.92 Å². The molecule has 2 aliphatic heterocycles. The fourth-order valence-electron chi connectivity index (χ4n) is 3.66. The van der Waals surface area contributed by atoms with Crippen LogP contribution in [0, 0.1) is 5.82 Å². The average molecular weight is 328 g/mol. The lowest BCUT2D eigenvalue weighted by molar-refractivity contribution is -0.173. The van der Waals surface area contributed by atoms with Gasteiger partial charge in [0.25, 0.3) is 0 Å². The van der Waals surface area contributed by atoms with Crippen LogP contribution in [0.1, 0.15) is 38.2 Å². The van der Waals surface area contributed by atoms with Gasteiger partial charge in [0.15, 0.2) is 0 Å². The molecular weight excluding hydrogens is 305 g/mol. The van der Waals surface area contributed by atoms with Crippen LogP contribution in [0.5, 0.6) is 0 Å². The summed E-state index contributed by atoms with van der Waals surface area (Å²) in [7, 11) is 0. The standard InChI is InChI=1S/C17H23ClFNO2/c1-16(21)6-9-22-17(12-16)4-7-20(8-5-17)11-13-2-3-15(19)14(18)10-13/h2-3,10,21H,4-9,11-12H2,1H3. The van der Waals surface area contributed by atoms with Crippen LogP contribution < -0.4 is 0 Å². The number of benzene rings is 1. The molecule has 2 fully saturated rings. The Balaban J connectivity index is 1.58. The number of ether oxygens (including phenoxy) is 1. The number of nitrogens with zero attached hydrogens (tertiary/aromatic N) is 1. The van der Waals surface area contributed by atoms with Crippen molar-refractivity contribution in [2.45, 2.75) is 50.4 Å². The van der Waals surface area contributed by atoms with Crippen LogP contribution >= 0.6 is 11.6 Å². The monoisotopic (exact) mass is 327 g/mol. The quantitative estimate of drug-likeness (QED) is 0.904. The van der Waals surface area contributed by atoms with E-state index in [4.69, 9.17) is 16.3 Å². The van der Waals surface area contributed by atoms with Crippen LogP contribution in [0.25, 0.3) is 0 Å². The summed E-state index contributed by atoms with van der Waals surface area (Å²) in [6.45, 7) is 5.16. The van der Waals surface area contributed by atoms with E-state index in [1.54, 1.807) is 12.1 Å². The first kappa shape index (κ1) is 16.2. The maximum Gasteiger partial charge on any atom is 0.141 e. The van der Waals surface area contributed by atoms with Crippen molar-refractivity contribution in [2.75, 3.05) is 19.7 Å². The maximum absolute atomic E-state index is 13.2. The third-order valence-corrected chi connectivity index (χ3v) is 5.20. The van der Waals surface area contributed by atoms with Crippen LogP contribution in [0.3, 0.4) is 0 Å². The van der Waals surface area contributed by atoms with Gasteiger partial charge in [0.2, 0.25) is 0 Å². The molecule has 0 aliphatic carbocycles. The predicted molar refractivity (Wildman–Crippen MR) is 84.5 cm³/mol. The van der Waals surface area contributed by atoms with Crippen LogP contribution in [-0.4, -0.2) is 40.9 Å². The summed E-state index contributed by atoms with van der Waals surface area (Å²) < 4.78 is 19.2. The van der Waals surface area contributed by atoms with E-state index in [0.29, 0.717) is 13.0 Å². The van der Waals surface area contributed by atoms with E-state index < -0.39 is 5.60 Å². The van der Waals surface area contributed by atoms with Crippen molar-refractivity contribution in [3.05, 3.63) is 34.6 Å². The zero-order chi connectivity index (χ0) is 15.8. The lowest BCUT2D eigenvalue weighted by atomic mass is 9.78. The van der Waals surface area contributed by atoms with Gasteiger partial charge < -0.3 is 9.84 Å². The number of halogens is 2. The minimum absolute atomic E-state index is 0.168. The third kappa shape index (κ3) is 3.62. The van der Waals surface area contributed by atoms with Crippen LogP contribution in [0.15, 0.2) is 18.2 Å². The van der Waals surface area contributed by atoms with Crippen molar-refractivity contribution in [3.8, 4) is 0 Å². The Morgan fingerprint density at radius 3 is 2.68 bits per heavy atom. The highest BCUT2D eigenvalue weighted by atomic mass is 35.5. The van der Waals surface area contributed by atoms with E-state index in [2.05, 4.69) is 4.90 Å². The highest BCUT2D eigenvalue weighted by Crippen LogP contribution is 2.39. The molecule has 22 heavy (non-hydrogen) atoms. The van der Waals surface area contributed by atoms with Gasteiger partial charge in [-0.1, -0.05) is 17.7 Å². The van der Waals surface area contributed by atoms with Crippen molar-refractivity contribution in [2.24, 2.45) is 0 Å². The molecule has 0 aromatic heterocycles. The predicted octanol–water partition coefficient (Wildman–Crippen LogP) is 3.38. The fourth-order valence-corrected chi connectivity index (χ4v) is 3.86. The van der Waals surface area contributed by atoms with Gasteiger partial charge in [-0.25, -0.2) is 4.39 Å². The number of likely N-dealkylation sites (tertiary alicyclic amines) is 1. The fraction of sp³-hybridized carbons (Fsp3) is 0.647. The summed E-state index contributed by atoms with van der Waals surface area (Å²) in [5.74, 6) is -0.374. The van der Waals surface area contributed by atoms with E-state index in [-0.39, 0.29) is 16.4 Å². The molecule has 5 heteroatoms. The van der Waals surface area contributed by atoms with Crippen LogP contribution in [0.2, 0.25) is 5.02 Å². The zero-order valence-corrected chi connectivity index (χ0v) is 13.7. The summed E-state index contributed by atoms with van der Waals surface area (Å²) in [5, 5.41) is 10.5. The normalized spacial score (nSPS) is 28.9. The number of piperidine rings is 1. The van der Waals surface area contributed by atoms with Crippen LogP contribution in [0.4, 0.5) is 4.39 Å². The SMILES string of the molecule is CC1(O)CCOC2(CCN(Cc3ccc(F)c(Cl)c3)CC2)C1. The van der Waals surface area contributed by atoms with Gasteiger partial charge in [-0.15, -0.1) is 0 Å². The average Bonchev–Trinajstić information content (AvgIpc) is 2.45. The molecule has 0 amide bonds. The molecule has 1 spiro atoms. The minimum atomic E-state index is -0.606. The van der Waals surface area contributed by atoms with Gasteiger partial charge >= 0.3 is 0 Å². The first-order chi connectivity index (χ1) is 10.4. The number of hydrogen-bond acceptors (Lipinski definition) is 3. The molecule has 1 aromatic rings. The molecule has 2 aliphatic rings. The van der Waals surface area contributed by atoms with Crippen molar-refractivity contribution in [1.29, 1.82) is 0 Å². The second-order valence-corrected chi connectivity index (χ2v) is 7.39. The summed E-state index contributed by atoms with van der Waals surface area (Å²) in [5.41, 5.74) is 0.253. The zero-order valence-electron chi connectivity index (χ0n) is 12.9. The molecule has 1 unspecified atom stereocenters. The van der Waals surface area contributed by atoms with Crippen molar-refractivity contribution < 1.29 is 14.2 Å². The summed E-state index contributed by atoms with van der Waals surface area (Å²) in [4.78, 5) is 2.33. The second-order valence-electron chi connectivity index (χ2n) is 6.98. The van der Waals surface area contributed by atoms with E-state index >= 15 is 0 Å². The molecule has 3 rings (SSSR count). The summed E-state index contributed by atoms with van der Waals surface area (Å²) >= 11 is 5.84. The highest BCUT2D eigenvalue weighted by Gasteiger charge is 2.44. The Hall–Kier alpha value is -0.680. The molecule has 3 nitrogen and oxygen atoms in total. The molecule has 1 aromatic carbocycles. The molecule has 0 bridgehead atoms. The number of aliphatic hydroxyl groups is 1. The third-order valence-electron chi connectivity index (χ3n) is 4.91. The molecule has 0 saturated carbocycles. The highest BCUT2D eigenvalue weighted by molar-refractivity contribution is 6.30. The second kappa shape index (κ2) is 6.08. The molecule has 0 radical (unpaired) electrons. The lowest BCUT2D eigenvalue weighted by Crippen LogP contribution is -2.53. The molecule has 2 saturated heterocycles. The largest absolute Gasteiger partial charge is 0.390 e. The number of rotatable bonds is 2. The molecular formula is C17H23ClFNO2. The van der Waals surface area contributed by atoms with E-state index in [9.17, 15) is 9.50 Å². The lowest BCUT2D eigenvalue weighted by Gasteiger charge is -2.48. The molecule has 122 valence electrons. The van der Waals surface area contributed by atoms with Crippen molar-refractivity contribution in [1.82, 2.24) is 4.90 Å². The Kier molecular flexibility index (Phi) is 4.47. The Bertz CT molecular complexity index is 541. The van der Waals surface area contributed by atoms with Gasteiger partial charge in [0.05, 0.1) is 22.8 Å². The number of hydrogen-bond donors (Lipinski definition) is 1. The van der Waals surface area contributed by atoms with Gasteiger partial charge in [0, 0.05) is 26.1 Å². The molecule has 1 atom stereocenters. The van der Waals surface area contributed by atoms with E-state index in [1.165, 1.54) is 6.07 Å². The summed E-state index contributed by atoms with van der Waals surface area (Å²) in [6, 6.07) is 4.90. The minimum Gasteiger partial charge on any atom is -0.390 e. The van der Waals surface area contributed by atoms with E-state index in [0.717, 1.165) is 44.5 Å². The van der Waals surface area contributed by atoms with Gasteiger partial charge in [-0.2, -0.15) is 0 Å². The van der Waals surface area contributed by atoms with Crippen LogP contribution in [-0.2, 0) is 11.3 Å². The smallest absolute Gasteiger partial charge is 0.141 e.